The number of rotatable bonds is 5. The number of ether oxygens (including phenoxy) is 1. The van der Waals surface area contributed by atoms with Gasteiger partial charge in [0.1, 0.15) is 10.6 Å². The average molecular weight is 417 g/mol. The molecule has 1 aromatic heterocycles. The standard InChI is InChI=1S/C21H21ClN2O3S/c22-16-9-17(14-2-1-3-15(8-14)27-10-13-4-5-13)28-19(16)20(26)24-11-21(12-24)7-6-18(25)23-21/h1-3,8-9,13H,4-7,10-12H2,(H,23,25). The summed E-state index contributed by atoms with van der Waals surface area (Å²) in [6.45, 7) is 1.89. The van der Waals surface area contributed by atoms with Crippen LogP contribution < -0.4 is 10.1 Å². The van der Waals surface area contributed by atoms with Gasteiger partial charge < -0.3 is 15.0 Å². The summed E-state index contributed by atoms with van der Waals surface area (Å²) in [7, 11) is 0. The molecule has 7 heteroatoms. The summed E-state index contributed by atoms with van der Waals surface area (Å²) < 4.78 is 5.87. The van der Waals surface area contributed by atoms with Gasteiger partial charge in [0, 0.05) is 24.4 Å². The number of thiophene rings is 1. The largest absolute Gasteiger partial charge is 0.493 e. The number of benzene rings is 1. The van der Waals surface area contributed by atoms with Crippen LogP contribution in [0.15, 0.2) is 30.3 Å². The molecule has 3 aliphatic rings. The van der Waals surface area contributed by atoms with Crippen LogP contribution in [-0.4, -0.2) is 41.9 Å². The highest BCUT2D eigenvalue weighted by molar-refractivity contribution is 7.18. The van der Waals surface area contributed by atoms with Crippen LogP contribution in [0.5, 0.6) is 5.75 Å². The first kappa shape index (κ1) is 18.0. The van der Waals surface area contributed by atoms with E-state index in [2.05, 4.69) is 5.32 Å². The van der Waals surface area contributed by atoms with Crippen molar-refractivity contribution in [2.75, 3.05) is 19.7 Å². The van der Waals surface area contributed by atoms with Gasteiger partial charge in [-0.15, -0.1) is 11.3 Å². The molecule has 1 saturated carbocycles. The number of hydrogen-bond acceptors (Lipinski definition) is 4. The molecule has 2 amide bonds. The van der Waals surface area contributed by atoms with Gasteiger partial charge >= 0.3 is 0 Å². The third-order valence-electron chi connectivity index (χ3n) is 5.69. The smallest absolute Gasteiger partial charge is 0.265 e. The number of nitrogens with one attached hydrogen (secondary N) is 1. The Morgan fingerprint density at radius 3 is 2.86 bits per heavy atom. The van der Waals surface area contributed by atoms with Crippen molar-refractivity contribution in [1.29, 1.82) is 0 Å². The molecular formula is C21H21ClN2O3S. The van der Waals surface area contributed by atoms with Crippen LogP contribution in [0.2, 0.25) is 5.02 Å². The van der Waals surface area contributed by atoms with E-state index in [0.29, 0.717) is 35.3 Å². The molecule has 5 nitrogen and oxygen atoms in total. The van der Waals surface area contributed by atoms with Gasteiger partial charge in [-0.3, -0.25) is 9.59 Å². The summed E-state index contributed by atoms with van der Waals surface area (Å²) in [5, 5.41) is 3.48. The monoisotopic (exact) mass is 416 g/mol. The number of amides is 2. The van der Waals surface area contributed by atoms with Crippen molar-refractivity contribution in [3.05, 3.63) is 40.2 Å². The Labute approximate surface area is 172 Å². The molecule has 146 valence electrons. The van der Waals surface area contributed by atoms with Crippen molar-refractivity contribution >= 4 is 34.8 Å². The third-order valence-corrected chi connectivity index (χ3v) is 7.27. The Morgan fingerprint density at radius 2 is 2.14 bits per heavy atom. The number of hydrogen-bond donors (Lipinski definition) is 1. The quantitative estimate of drug-likeness (QED) is 0.802. The molecule has 0 atom stereocenters. The van der Waals surface area contributed by atoms with Crippen LogP contribution >= 0.6 is 22.9 Å². The van der Waals surface area contributed by atoms with E-state index in [1.807, 2.05) is 30.3 Å². The lowest BCUT2D eigenvalue weighted by Gasteiger charge is -2.47. The molecule has 5 rings (SSSR count). The summed E-state index contributed by atoms with van der Waals surface area (Å²) >= 11 is 7.81. The van der Waals surface area contributed by atoms with Crippen LogP contribution in [0.1, 0.15) is 35.4 Å². The Hall–Kier alpha value is -2.05. The van der Waals surface area contributed by atoms with E-state index < -0.39 is 0 Å². The first-order chi connectivity index (χ1) is 13.5. The topological polar surface area (TPSA) is 58.6 Å². The van der Waals surface area contributed by atoms with Crippen molar-refractivity contribution in [3.8, 4) is 16.2 Å². The Bertz CT molecular complexity index is 947. The Morgan fingerprint density at radius 1 is 1.32 bits per heavy atom. The summed E-state index contributed by atoms with van der Waals surface area (Å²) in [6, 6.07) is 9.79. The molecule has 0 radical (unpaired) electrons. The maximum absolute atomic E-state index is 12.9. The number of nitrogens with zero attached hydrogens (tertiary/aromatic N) is 1. The van der Waals surface area contributed by atoms with Crippen LogP contribution in [0.4, 0.5) is 0 Å². The van der Waals surface area contributed by atoms with Crippen LogP contribution in [0.3, 0.4) is 0 Å². The van der Waals surface area contributed by atoms with E-state index in [0.717, 1.165) is 29.2 Å². The zero-order valence-corrected chi connectivity index (χ0v) is 16.9. The van der Waals surface area contributed by atoms with E-state index in [4.69, 9.17) is 16.3 Å². The highest BCUT2D eigenvalue weighted by atomic mass is 35.5. The lowest BCUT2D eigenvalue weighted by Crippen LogP contribution is -2.68. The van der Waals surface area contributed by atoms with E-state index in [1.165, 1.54) is 24.2 Å². The lowest BCUT2D eigenvalue weighted by atomic mass is 9.88. The molecule has 3 heterocycles. The minimum Gasteiger partial charge on any atom is -0.493 e. The summed E-state index contributed by atoms with van der Waals surface area (Å²) in [4.78, 5) is 27.6. The molecule has 1 aliphatic carbocycles. The molecule has 2 saturated heterocycles. The van der Waals surface area contributed by atoms with E-state index in [9.17, 15) is 9.59 Å². The second-order valence-corrected chi connectivity index (χ2v) is 9.52. The van der Waals surface area contributed by atoms with Crippen molar-refractivity contribution < 1.29 is 14.3 Å². The van der Waals surface area contributed by atoms with Crippen molar-refractivity contribution in [3.63, 3.8) is 0 Å². The fourth-order valence-corrected chi connectivity index (χ4v) is 5.26. The molecule has 1 spiro atoms. The Kier molecular flexibility index (Phi) is 4.36. The van der Waals surface area contributed by atoms with E-state index in [1.54, 1.807) is 4.90 Å². The minimum atomic E-state index is -0.216. The number of likely N-dealkylation sites (tertiary alicyclic amines) is 1. The van der Waals surface area contributed by atoms with Gasteiger partial charge in [0.15, 0.2) is 0 Å². The van der Waals surface area contributed by atoms with E-state index in [-0.39, 0.29) is 17.4 Å². The molecule has 0 bridgehead atoms. The fourth-order valence-electron chi connectivity index (χ4n) is 3.88. The fraction of sp³-hybridized carbons (Fsp3) is 0.429. The molecule has 0 unspecified atom stereocenters. The molecule has 2 aliphatic heterocycles. The SMILES string of the molecule is O=C1CCC2(CN(C(=O)c3sc(-c4cccc(OCC5CC5)c4)cc3Cl)C2)N1. The average Bonchev–Trinajstić information content (AvgIpc) is 3.29. The van der Waals surface area contributed by atoms with Gasteiger partial charge in [-0.25, -0.2) is 0 Å². The number of halogens is 1. The number of carbonyl (C=O) groups is 2. The van der Waals surface area contributed by atoms with Crippen molar-refractivity contribution in [2.45, 2.75) is 31.2 Å². The summed E-state index contributed by atoms with van der Waals surface area (Å²) in [6.07, 6.45) is 3.86. The summed E-state index contributed by atoms with van der Waals surface area (Å²) in [5.41, 5.74) is 0.786. The zero-order valence-electron chi connectivity index (χ0n) is 15.4. The van der Waals surface area contributed by atoms with Crippen molar-refractivity contribution in [2.24, 2.45) is 5.92 Å². The van der Waals surface area contributed by atoms with Crippen LogP contribution in [-0.2, 0) is 4.79 Å². The highest BCUT2D eigenvalue weighted by Gasteiger charge is 2.49. The first-order valence-electron chi connectivity index (χ1n) is 9.64. The molecular weight excluding hydrogens is 396 g/mol. The van der Waals surface area contributed by atoms with Gasteiger partial charge in [-0.1, -0.05) is 23.7 Å². The van der Waals surface area contributed by atoms with Crippen LogP contribution in [0.25, 0.3) is 10.4 Å². The zero-order chi connectivity index (χ0) is 19.3. The molecule has 1 aromatic carbocycles. The molecule has 3 fully saturated rings. The second-order valence-electron chi connectivity index (χ2n) is 8.06. The lowest BCUT2D eigenvalue weighted by molar-refractivity contribution is -0.120. The molecule has 1 N–H and O–H groups in total. The number of carbonyl (C=O) groups excluding carboxylic acids is 2. The third kappa shape index (κ3) is 3.40. The predicted molar refractivity (Wildman–Crippen MR) is 109 cm³/mol. The predicted octanol–water partition coefficient (Wildman–Crippen LogP) is 3.96. The van der Waals surface area contributed by atoms with Gasteiger partial charge in [0.05, 0.1) is 17.2 Å². The second kappa shape index (κ2) is 6.78. The summed E-state index contributed by atoms with van der Waals surface area (Å²) in [5.74, 6) is 1.57. The van der Waals surface area contributed by atoms with Crippen molar-refractivity contribution in [1.82, 2.24) is 10.2 Å². The Balaban J connectivity index is 1.29. The normalized spacial score (nSPS) is 20.2. The van der Waals surface area contributed by atoms with Crippen LogP contribution in [0, 0.1) is 5.92 Å². The molecule has 28 heavy (non-hydrogen) atoms. The van der Waals surface area contributed by atoms with E-state index >= 15 is 0 Å². The van der Waals surface area contributed by atoms with Gasteiger partial charge in [0.25, 0.3) is 5.91 Å². The van der Waals surface area contributed by atoms with Gasteiger partial charge in [-0.2, -0.15) is 0 Å². The first-order valence-corrected chi connectivity index (χ1v) is 10.8. The maximum Gasteiger partial charge on any atom is 0.265 e. The maximum atomic E-state index is 12.9. The van der Waals surface area contributed by atoms with Gasteiger partial charge in [-0.05, 0) is 48.9 Å². The van der Waals surface area contributed by atoms with Gasteiger partial charge in [0.2, 0.25) is 5.91 Å². The highest BCUT2D eigenvalue weighted by Crippen LogP contribution is 2.39. The minimum absolute atomic E-state index is 0.0610. The molecule has 2 aromatic rings.